The monoisotopic (exact) mass is 1290 g/mol. The van der Waals surface area contributed by atoms with Crippen LogP contribution in [0.5, 0.6) is 0 Å². The van der Waals surface area contributed by atoms with E-state index in [-0.39, 0.29) is 36.9 Å². The number of carbonyl (C=O) groups is 4. The average molecular weight is 1300 g/mol. The molecule has 11 rings (SSSR count). The molecule has 10 atom stereocenters. The first kappa shape index (κ1) is 71.0. The fourth-order valence-electron chi connectivity index (χ4n) is 11.6. The number of aliphatic hydroxyl groups is 1. The molecule has 0 unspecified atom stereocenters. The lowest BCUT2D eigenvalue weighted by Gasteiger charge is -2.44. The Labute approximate surface area is 551 Å². The van der Waals surface area contributed by atoms with E-state index in [1.807, 2.05) is 114 Å². The number of halogens is 1. The predicted molar refractivity (Wildman–Crippen MR) is 354 cm³/mol. The second-order valence-electron chi connectivity index (χ2n) is 24.2. The molecule has 4 N–H and O–H groups in total. The molecule has 0 spiro atoms. The number of benzene rings is 6. The Morgan fingerprint density at radius 1 is 0.591 bits per heavy atom. The third-order valence-electron chi connectivity index (χ3n) is 16.3. The van der Waals surface area contributed by atoms with Gasteiger partial charge in [-0.2, -0.15) is 0 Å². The number of methoxy groups -OCH3 is 2. The molecule has 5 aliphatic rings. The van der Waals surface area contributed by atoms with Crippen LogP contribution in [0.3, 0.4) is 0 Å². The van der Waals surface area contributed by atoms with E-state index in [1.54, 1.807) is 32.6 Å². The van der Waals surface area contributed by atoms with Gasteiger partial charge in [-0.15, -0.1) is 12.4 Å². The molecule has 0 aromatic heterocycles. The molecule has 0 bridgehead atoms. The Morgan fingerprint density at radius 2 is 1.04 bits per heavy atom. The zero-order valence-corrected chi connectivity index (χ0v) is 54.4. The minimum absolute atomic E-state index is 0. The summed E-state index contributed by atoms with van der Waals surface area (Å²) < 4.78 is 39.5. The smallest absolute Gasteiger partial charge is 0.338 e. The summed E-state index contributed by atoms with van der Waals surface area (Å²) in [7, 11) is 2.82. The molecule has 0 radical (unpaired) electrons. The van der Waals surface area contributed by atoms with Crippen LogP contribution in [-0.4, -0.2) is 151 Å². The summed E-state index contributed by atoms with van der Waals surface area (Å²) in [6, 6.07) is 55.3. The van der Waals surface area contributed by atoms with Gasteiger partial charge in [0, 0.05) is 40.4 Å². The Balaban J connectivity index is 0.000000198. The molecule has 5 heterocycles. The average Bonchev–Trinajstić information content (AvgIpc) is 1.73. The Kier molecular flexibility index (Phi) is 26.2. The number of rotatable bonds is 19. The number of nitrogens with two attached hydrogens (primary N) is 1. The summed E-state index contributed by atoms with van der Waals surface area (Å²) in [6.07, 6.45) is 0.820. The number of hydrogen-bond donors (Lipinski definition) is 3. The van der Waals surface area contributed by atoms with Crippen molar-refractivity contribution >= 4 is 48.5 Å². The highest BCUT2D eigenvalue weighted by Crippen LogP contribution is 2.36. The van der Waals surface area contributed by atoms with Crippen LogP contribution in [0.15, 0.2) is 180 Å². The van der Waals surface area contributed by atoms with Crippen molar-refractivity contribution in [1.29, 1.82) is 0 Å². The summed E-state index contributed by atoms with van der Waals surface area (Å²) in [5.74, 6) is -3.12. The molecule has 496 valence electrons. The van der Waals surface area contributed by atoms with Gasteiger partial charge in [-0.05, 0) is 111 Å². The summed E-state index contributed by atoms with van der Waals surface area (Å²) >= 11 is 0. The van der Waals surface area contributed by atoms with Gasteiger partial charge >= 0.3 is 5.97 Å². The molecule has 21 heteroatoms. The van der Waals surface area contributed by atoms with E-state index >= 15 is 0 Å². The molecule has 6 aromatic rings. The molecule has 0 aliphatic carbocycles. The zero-order chi connectivity index (χ0) is 65.0. The number of likely N-dealkylation sites (tertiary alicyclic amines) is 2. The fourth-order valence-corrected chi connectivity index (χ4v) is 11.6. The first-order valence-corrected chi connectivity index (χ1v) is 31.4. The van der Waals surface area contributed by atoms with Crippen LogP contribution >= 0.6 is 12.4 Å². The highest BCUT2D eigenvalue weighted by molar-refractivity contribution is 5.90. The maximum atomic E-state index is 13.7. The summed E-state index contributed by atoms with van der Waals surface area (Å²) in [5.41, 5.74) is 14.7. The molecule has 0 saturated carbocycles. The topological polar surface area (TPSA) is 241 Å². The molecule has 3 amide bonds. The van der Waals surface area contributed by atoms with E-state index in [2.05, 4.69) is 76.3 Å². The van der Waals surface area contributed by atoms with Crippen molar-refractivity contribution in [1.82, 2.24) is 15.1 Å². The number of amides is 3. The number of ether oxygens (including phenoxy) is 7. The first-order chi connectivity index (χ1) is 44.5. The SMILES string of the molecule is CO[C@@H](C(=O)N[C@H]1CCCCN(Cc2ccc(-c3ccccc3)cc2)C1=O)[C@@H]1OC(C)(C)O[C@H](C=NOCc2ccccc2)[C@@H]1O.CO[C@H]1C(=O)O[C@@H]2[C@H]1OC(C)(C)O[C@@H]2C=NOCc1ccccc1.Cl.N[C@H]1CCCCN(Cc2ccc(-c3ccccc3)cc2)C1=O. The summed E-state index contributed by atoms with van der Waals surface area (Å²) in [4.78, 5) is 65.8. The molecule has 5 aliphatic heterocycles. The van der Waals surface area contributed by atoms with E-state index in [4.69, 9.17) is 48.6 Å². The molecular formula is C72H87ClN6O14. The van der Waals surface area contributed by atoms with E-state index in [1.165, 1.54) is 37.8 Å². The standard InChI is InChI=1S/C36H43N3O7.C19H22N2O.C17H21NO6.ClH/c1-36(2)45-30(22-37-44-24-26-12-6-4-7-13-26)31(40)32(46-36)33(43-3)34(41)38-29-16-10-11-21-39(35(29)42)23-25-17-19-28(20-18-25)27-14-8-5-9-15-27;20-18-8-4-5-13-21(19(18)22)14-15-9-11-17(12-10-15)16-6-2-1-3-7-16;1-17(2)23-12(9-18-21-10-11-7-5-4-6-8-11)13-14(24-17)15(20-3)16(19)22-13;/h4-9,12-15,17-20,22,29-33,40H,10-11,16,21,23-24H2,1-3H3,(H,38,41);1-3,6-7,9-12,18H,4-5,8,13-14,20H2;4-9,12-15H,10H2,1-3H3;1H/t29-,30+,31-,32+,33+;18-;12-,13+,14-,15-;/m001./s1. The van der Waals surface area contributed by atoms with Crippen LogP contribution in [0.4, 0.5) is 0 Å². The van der Waals surface area contributed by atoms with Crippen LogP contribution in [0.1, 0.15) is 88.5 Å². The van der Waals surface area contributed by atoms with E-state index in [0.29, 0.717) is 32.7 Å². The molecule has 93 heavy (non-hydrogen) atoms. The summed E-state index contributed by atoms with van der Waals surface area (Å²) in [5, 5.41) is 22.0. The lowest BCUT2D eigenvalue weighted by Crippen LogP contribution is -2.62. The number of hydrogen-bond acceptors (Lipinski definition) is 17. The van der Waals surface area contributed by atoms with Crippen molar-refractivity contribution in [2.24, 2.45) is 16.0 Å². The lowest BCUT2D eigenvalue weighted by atomic mass is 9.99. The minimum atomic E-state index is -1.30. The van der Waals surface area contributed by atoms with Crippen molar-refractivity contribution in [3.63, 3.8) is 0 Å². The normalized spacial score (nSPS) is 24.5. The maximum Gasteiger partial charge on any atom is 0.338 e. The third kappa shape index (κ3) is 20.1. The highest BCUT2D eigenvalue weighted by Gasteiger charge is 2.56. The van der Waals surface area contributed by atoms with Gasteiger partial charge in [0.15, 0.2) is 29.9 Å². The molecule has 5 fully saturated rings. The minimum Gasteiger partial charge on any atom is -0.454 e. The Bertz CT molecular complexity index is 3350. The van der Waals surface area contributed by atoms with Gasteiger partial charge in [-0.25, -0.2) is 4.79 Å². The van der Waals surface area contributed by atoms with Gasteiger partial charge in [0.25, 0.3) is 5.91 Å². The van der Waals surface area contributed by atoms with Gasteiger partial charge in [-0.3, -0.25) is 14.4 Å². The van der Waals surface area contributed by atoms with E-state index < -0.39 is 78.3 Å². The number of oxime groups is 2. The van der Waals surface area contributed by atoms with Gasteiger partial charge in [0.2, 0.25) is 11.8 Å². The van der Waals surface area contributed by atoms with Crippen LogP contribution in [0, 0.1) is 0 Å². The zero-order valence-electron chi connectivity index (χ0n) is 53.6. The number of aliphatic hydroxyl groups excluding tert-OH is 1. The van der Waals surface area contributed by atoms with E-state index in [9.17, 15) is 24.3 Å². The molecular weight excluding hydrogens is 1210 g/mol. The second kappa shape index (κ2) is 34.3. The number of carbonyl (C=O) groups excluding carboxylic acids is 4. The van der Waals surface area contributed by atoms with Crippen molar-refractivity contribution in [3.8, 4) is 22.3 Å². The number of nitrogens with one attached hydrogen (secondary N) is 1. The van der Waals surface area contributed by atoms with Gasteiger partial charge in [0.05, 0.1) is 18.5 Å². The molecule has 20 nitrogen and oxygen atoms in total. The Morgan fingerprint density at radius 3 is 1.55 bits per heavy atom. The van der Waals surface area contributed by atoms with E-state index in [0.717, 1.165) is 72.0 Å². The van der Waals surface area contributed by atoms with Gasteiger partial charge < -0.3 is 68.8 Å². The lowest BCUT2D eigenvalue weighted by molar-refractivity contribution is -0.329. The fraction of sp³-hybridized carbons (Fsp3) is 0.417. The quantitative estimate of drug-likeness (QED) is 0.0388. The highest BCUT2D eigenvalue weighted by atomic mass is 35.5. The Hall–Kier alpha value is -7.89. The molecule has 6 aromatic carbocycles. The van der Waals surface area contributed by atoms with Crippen LogP contribution in [0.2, 0.25) is 0 Å². The second-order valence-corrected chi connectivity index (χ2v) is 24.2. The van der Waals surface area contributed by atoms with Crippen molar-refractivity contribution in [2.45, 2.75) is 165 Å². The molecule has 5 saturated heterocycles. The largest absolute Gasteiger partial charge is 0.454 e. The predicted octanol–water partition coefficient (Wildman–Crippen LogP) is 9.71. The van der Waals surface area contributed by atoms with Crippen LogP contribution < -0.4 is 11.1 Å². The van der Waals surface area contributed by atoms with Crippen LogP contribution in [-0.2, 0) is 88.3 Å². The van der Waals surface area contributed by atoms with Gasteiger partial charge in [-0.1, -0.05) is 180 Å². The summed E-state index contributed by atoms with van der Waals surface area (Å²) in [6.45, 7) is 10.0. The maximum absolute atomic E-state index is 13.7. The number of nitrogens with zero attached hydrogens (tertiary/aromatic N) is 4. The third-order valence-corrected chi connectivity index (χ3v) is 16.3. The number of fused-ring (bicyclic) bond motifs is 1. The van der Waals surface area contributed by atoms with Gasteiger partial charge in [0.1, 0.15) is 49.8 Å². The first-order valence-electron chi connectivity index (χ1n) is 31.4. The van der Waals surface area contributed by atoms with Crippen LogP contribution in [0.25, 0.3) is 22.3 Å². The van der Waals surface area contributed by atoms with Crippen molar-refractivity contribution < 1.29 is 67.1 Å². The number of esters is 1. The van der Waals surface area contributed by atoms with Crippen molar-refractivity contribution in [2.75, 3.05) is 27.3 Å². The van der Waals surface area contributed by atoms with Crippen molar-refractivity contribution in [3.05, 3.63) is 192 Å².